The summed E-state index contributed by atoms with van der Waals surface area (Å²) in [4.78, 5) is 0. The highest BCUT2D eigenvalue weighted by Crippen LogP contribution is 2.33. The van der Waals surface area contributed by atoms with Gasteiger partial charge in [-0.2, -0.15) is 0 Å². The summed E-state index contributed by atoms with van der Waals surface area (Å²) in [5.41, 5.74) is -2.14. The second-order valence-corrected chi connectivity index (χ2v) is 4.18. The summed E-state index contributed by atoms with van der Waals surface area (Å²) in [5.74, 6) is 0. The van der Waals surface area contributed by atoms with Crippen molar-refractivity contribution in [2.24, 2.45) is 0 Å². The van der Waals surface area contributed by atoms with E-state index in [1.165, 1.54) is 0 Å². The first-order valence-corrected chi connectivity index (χ1v) is 5.10. The Labute approximate surface area is 92.2 Å². The van der Waals surface area contributed by atoms with E-state index in [0.717, 1.165) is 0 Å². The monoisotopic (exact) mass is 238 g/mol. The van der Waals surface area contributed by atoms with Crippen LogP contribution in [0.25, 0.3) is 0 Å². The zero-order chi connectivity index (χ0) is 12.5. The summed E-state index contributed by atoms with van der Waals surface area (Å²) in [5, 5.41) is 65.7. The molecule has 7 nitrogen and oxygen atoms in total. The van der Waals surface area contributed by atoms with E-state index in [4.69, 9.17) is 5.11 Å². The van der Waals surface area contributed by atoms with Crippen LogP contribution in [0.15, 0.2) is 0 Å². The molecule has 7 heteroatoms. The van der Waals surface area contributed by atoms with E-state index in [1.54, 1.807) is 0 Å². The van der Waals surface area contributed by atoms with Crippen molar-refractivity contribution in [2.75, 3.05) is 6.61 Å². The lowest BCUT2D eigenvalue weighted by molar-refractivity contribution is -0.270. The van der Waals surface area contributed by atoms with Gasteiger partial charge in [-0.3, -0.25) is 0 Å². The van der Waals surface area contributed by atoms with Gasteiger partial charge in [0, 0.05) is 6.61 Å². The van der Waals surface area contributed by atoms with Crippen LogP contribution in [0.3, 0.4) is 0 Å². The number of hydrogen-bond donors (Lipinski definition) is 7. The first-order valence-electron chi connectivity index (χ1n) is 5.10. The molecule has 1 fully saturated rings. The Bertz CT molecular complexity index is 218. The van der Waals surface area contributed by atoms with Crippen molar-refractivity contribution in [3.8, 4) is 0 Å². The molecule has 7 N–H and O–H groups in total. The molecular weight excluding hydrogens is 220 g/mol. The van der Waals surface area contributed by atoms with Gasteiger partial charge in [-0.05, 0) is 12.8 Å². The van der Waals surface area contributed by atoms with Gasteiger partial charge in [0.2, 0.25) is 0 Å². The van der Waals surface area contributed by atoms with E-state index >= 15 is 0 Å². The minimum Gasteiger partial charge on any atom is -0.396 e. The molecule has 0 aromatic rings. The van der Waals surface area contributed by atoms with Crippen LogP contribution in [-0.4, -0.2) is 78.5 Å². The van der Waals surface area contributed by atoms with E-state index in [9.17, 15) is 30.6 Å². The summed E-state index contributed by atoms with van der Waals surface area (Å²) in [6, 6.07) is 0. The first kappa shape index (κ1) is 13.8. The van der Waals surface area contributed by atoms with Crippen LogP contribution in [0.1, 0.15) is 12.8 Å². The average molecular weight is 238 g/mol. The quantitative estimate of drug-likeness (QED) is 0.268. The third-order valence-electron chi connectivity index (χ3n) is 3.11. The van der Waals surface area contributed by atoms with Crippen LogP contribution in [-0.2, 0) is 0 Å². The van der Waals surface area contributed by atoms with Crippen molar-refractivity contribution in [1.82, 2.24) is 0 Å². The summed E-state index contributed by atoms with van der Waals surface area (Å²) >= 11 is 0. The maximum Gasteiger partial charge on any atom is 0.122 e. The van der Waals surface area contributed by atoms with Gasteiger partial charge in [-0.1, -0.05) is 0 Å². The van der Waals surface area contributed by atoms with Crippen molar-refractivity contribution in [1.29, 1.82) is 0 Å². The first-order chi connectivity index (χ1) is 7.36. The number of aliphatic hydroxyl groups is 7. The molecule has 16 heavy (non-hydrogen) atoms. The molecule has 0 aromatic carbocycles. The fourth-order valence-electron chi connectivity index (χ4n) is 2.00. The van der Waals surface area contributed by atoms with Crippen LogP contribution in [0.2, 0.25) is 0 Å². The van der Waals surface area contributed by atoms with Crippen LogP contribution in [0, 0.1) is 0 Å². The molecule has 0 amide bonds. The van der Waals surface area contributed by atoms with Gasteiger partial charge in [0.15, 0.2) is 0 Å². The van der Waals surface area contributed by atoms with Crippen LogP contribution >= 0.6 is 0 Å². The Morgan fingerprint density at radius 2 is 1.25 bits per heavy atom. The molecule has 0 bridgehead atoms. The average Bonchev–Trinajstić information content (AvgIpc) is 2.29. The summed E-state index contributed by atoms with van der Waals surface area (Å²) in [6.07, 6.45) is -8.91. The standard InChI is InChI=1S/C9H18O7/c10-3-1-2-9(16)7(14)5(12)4(11)6(13)8(9)15/h4-8,10-16H,1-3H2. The van der Waals surface area contributed by atoms with Crippen LogP contribution in [0.5, 0.6) is 0 Å². The summed E-state index contributed by atoms with van der Waals surface area (Å²) in [6.45, 7) is -0.267. The van der Waals surface area contributed by atoms with E-state index in [1.807, 2.05) is 0 Å². The Morgan fingerprint density at radius 3 is 1.62 bits per heavy atom. The molecule has 0 aromatic heterocycles. The lowest BCUT2D eigenvalue weighted by Gasteiger charge is -2.47. The molecule has 0 radical (unpaired) electrons. The van der Waals surface area contributed by atoms with Gasteiger partial charge in [0.25, 0.3) is 0 Å². The Morgan fingerprint density at radius 1 is 0.812 bits per heavy atom. The van der Waals surface area contributed by atoms with Gasteiger partial charge in [-0.25, -0.2) is 0 Å². The van der Waals surface area contributed by atoms with E-state index in [-0.39, 0.29) is 19.4 Å². The van der Waals surface area contributed by atoms with Gasteiger partial charge in [0.1, 0.15) is 36.1 Å². The Kier molecular flexibility index (Phi) is 4.24. The zero-order valence-electron chi connectivity index (χ0n) is 8.64. The summed E-state index contributed by atoms with van der Waals surface area (Å²) in [7, 11) is 0. The molecule has 4 unspecified atom stereocenters. The topological polar surface area (TPSA) is 142 Å². The fourth-order valence-corrected chi connectivity index (χ4v) is 2.00. The molecule has 0 saturated heterocycles. The molecule has 96 valence electrons. The Balaban J connectivity index is 2.88. The van der Waals surface area contributed by atoms with Crippen molar-refractivity contribution < 1.29 is 35.7 Å². The second kappa shape index (κ2) is 4.92. The third kappa shape index (κ3) is 2.07. The minimum atomic E-state index is -2.14. The van der Waals surface area contributed by atoms with Crippen molar-refractivity contribution in [3.63, 3.8) is 0 Å². The van der Waals surface area contributed by atoms with E-state index < -0.39 is 36.1 Å². The fraction of sp³-hybridized carbons (Fsp3) is 1.00. The second-order valence-electron chi connectivity index (χ2n) is 4.18. The molecule has 1 aliphatic rings. The predicted molar refractivity (Wildman–Crippen MR) is 51.3 cm³/mol. The number of aliphatic hydroxyl groups excluding tert-OH is 6. The van der Waals surface area contributed by atoms with Crippen molar-refractivity contribution >= 4 is 0 Å². The van der Waals surface area contributed by atoms with Gasteiger partial charge < -0.3 is 35.7 Å². The van der Waals surface area contributed by atoms with Gasteiger partial charge in [-0.15, -0.1) is 0 Å². The highest BCUT2D eigenvalue weighted by atomic mass is 16.4. The molecule has 0 spiro atoms. The zero-order valence-corrected chi connectivity index (χ0v) is 8.64. The smallest absolute Gasteiger partial charge is 0.122 e. The van der Waals surface area contributed by atoms with E-state index in [2.05, 4.69) is 0 Å². The molecule has 1 rings (SSSR count). The number of rotatable bonds is 3. The SMILES string of the molecule is OCCCC1(O)C(O)C(O)C(O)C(O)C1O. The molecule has 1 aliphatic carbocycles. The normalized spacial score (nSPS) is 49.3. The Hall–Kier alpha value is -0.280. The lowest BCUT2D eigenvalue weighted by Crippen LogP contribution is -2.70. The van der Waals surface area contributed by atoms with Gasteiger partial charge in [0.05, 0.1) is 0 Å². The molecule has 0 heterocycles. The van der Waals surface area contributed by atoms with Crippen molar-refractivity contribution in [3.05, 3.63) is 0 Å². The van der Waals surface area contributed by atoms with Crippen molar-refractivity contribution in [2.45, 2.75) is 49.0 Å². The maximum absolute atomic E-state index is 9.96. The lowest BCUT2D eigenvalue weighted by atomic mass is 9.72. The number of hydrogen-bond acceptors (Lipinski definition) is 7. The van der Waals surface area contributed by atoms with Gasteiger partial charge >= 0.3 is 0 Å². The third-order valence-corrected chi connectivity index (χ3v) is 3.11. The summed E-state index contributed by atoms with van der Waals surface area (Å²) < 4.78 is 0. The molecule has 1 saturated carbocycles. The maximum atomic E-state index is 9.96. The molecular formula is C9H18O7. The van der Waals surface area contributed by atoms with E-state index in [0.29, 0.717) is 0 Å². The highest BCUT2D eigenvalue weighted by Gasteiger charge is 2.56. The minimum absolute atomic E-state index is 0.0835. The molecule has 0 aliphatic heterocycles. The van der Waals surface area contributed by atoms with Crippen LogP contribution < -0.4 is 0 Å². The van der Waals surface area contributed by atoms with Crippen LogP contribution in [0.4, 0.5) is 0 Å². The predicted octanol–water partition coefficient (Wildman–Crippen LogP) is -3.69. The highest BCUT2D eigenvalue weighted by molar-refractivity contribution is 5.08. The molecule has 4 atom stereocenters. The largest absolute Gasteiger partial charge is 0.396 e.